The third kappa shape index (κ3) is 18.1. The molecule has 0 spiro atoms. The monoisotopic (exact) mass is 1840 g/mol. The van der Waals surface area contributed by atoms with Gasteiger partial charge in [-0.2, -0.15) is 0 Å². The lowest BCUT2D eigenvalue weighted by atomic mass is 10.0. The number of anilines is 4. The minimum atomic E-state index is -4.84. The smallest absolute Gasteiger partial charge is 0.265 e. The molecule has 116 heavy (non-hydrogen) atoms. The van der Waals surface area contributed by atoms with Crippen LogP contribution in [0.3, 0.4) is 0 Å². The van der Waals surface area contributed by atoms with Crippen molar-refractivity contribution < 1.29 is 145 Å². The summed E-state index contributed by atoms with van der Waals surface area (Å²) in [5, 5.41) is 17.9. The number of halogens is 4. The summed E-state index contributed by atoms with van der Waals surface area (Å²) in [5.41, 5.74) is -2.81. The first kappa shape index (κ1) is 56.2. The Bertz CT molecular complexity index is 7730. The van der Waals surface area contributed by atoms with Gasteiger partial charge in [-0.25, -0.2) is 52.5 Å². The summed E-state index contributed by atoms with van der Waals surface area (Å²) in [5.74, 6) is -10.3. The highest BCUT2D eigenvalue weighted by atomic mass is 35.5. The number of aromatic nitrogens is 4. The first-order chi connectivity index (χ1) is 65.4. The number of nitrogens with zero attached hydrogens (tertiary/aromatic N) is 4. The van der Waals surface area contributed by atoms with Gasteiger partial charge < -0.3 is 56.0 Å². The van der Waals surface area contributed by atoms with E-state index in [0.29, 0.717) is 45.3 Å². The molecule has 1 atom stereocenters. The van der Waals surface area contributed by atoms with E-state index in [9.17, 15) is 52.8 Å². The molecule has 0 radical (unpaired) electrons. The molecule has 12 aromatic rings. The molecule has 4 aliphatic heterocycles. The van der Waals surface area contributed by atoms with Crippen molar-refractivity contribution >= 4 is 179 Å². The van der Waals surface area contributed by atoms with Crippen LogP contribution >= 0.6 is 91.8 Å². The lowest BCUT2D eigenvalue weighted by Crippen LogP contribution is -2.16. The van der Waals surface area contributed by atoms with Crippen LogP contribution in [0.4, 0.5) is 23.5 Å². The fourth-order valence-electron chi connectivity index (χ4n) is 9.46. The Morgan fingerprint density at radius 1 is 0.405 bits per heavy atom. The summed E-state index contributed by atoms with van der Waals surface area (Å²) in [6.45, 7) is -0.561. The molecule has 16 rings (SSSR count). The van der Waals surface area contributed by atoms with E-state index in [1.54, 1.807) is 0 Å². The van der Waals surface area contributed by atoms with Crippen molar-refractivity contribution in [3.05, 3.63) is 201 Å². The summed E-state index contributed by atoms with van der Waals surface area (Å²) >= 11 is 26.2. The van der Waals surface area contributed by atoms with Gasteiger partial charge in [-0.15, -0.1) is 45.3 Å². The number of aryl methyl sites for hydroxylation is 5. The second-order valence-electron chi connectivity index (χ2n) is 23.0. The summed E-state index contributed by atoms with van der Waals surface area (Å²) in [7, 11) is -19.2. The maximum atomic E-state index is 13.4. The Balaban J connectivity index is 0.000000159. The molecule has 608 valence electrons. The van der Waals surface area contributed by atoms with Gasteiger partial charge in [0.25, 0.3) is 63.6 Å². The predicted molar refractivity (Wildman–Crippen MR) is 427 cm³/mol. The summed E-state index contributed by atoms with van der Waals surface area (Å²) in [6, 6.07) is 2.79. The first-order valence-electron chi connectivity index (χ1n) is 44.3. The van der Waals surface area contributed by atoms with E-state index in [-0.39, 0.29) is 132 Å². The zero-order chi connectivity index (χ0) is 106. The molecule has 0 saturated carbocycles. The molecule has 0 saturated heterocycles. The number of sulfonamides is 4. The van der Waals surface area contributed by atoms with Crippen molar-refractivity contribution in [3.63, 3.8) is 0 Å². The SMILES string of the molecule is [2H]N(c1onc(C)c1Cl)S(=O)(=O)c1ccsc1C(=O)C([2H])([2H])c1cc2c(cc1C([2H])([2H])[2H])OC([2H])([2H])O2.[2H]c1c(C)c(C([2H])([2H])C(=O)c2sccc2S(=O)(=O)N([2H])c2onc(C)c2Cl)c([2H])c2c1OC([2H])([2H])O2.[2H]c1c(C)c(C([2H])([2H])C(=O)c2sccc2S(=O)(=O)N([2H])c2onc(C)c2Cl)c([2H])c2c1OC([2H])O2.[2H]c1c(C)c(C([2H])([2H])C(=O)c2sccc2S(=O)(=O)N([2H])c2onc(C)c2Cl)c([2H])c2c1OCO2. The second-order valence-corrected chi connectivity index (χ2v) is 34.4. The third-order valence-electron chi connectivity index (χ3n) is 15.1. The molecule has 0 fully saturated rings. The quantitative estimate of drug-likeness (QED) is 0.0408. The number of nitrogens with one attached hydrogen (secondary N) is 4. The van der Waals surface area contributed by atoms with Gasteiger partial charge in [-0.05, 0) is 194 Å². The van der Waals surface area contributed by atoms with Gasteiger partial charge in [-0.3, -0.25) is 19.2 Å². The predicted octanol–water partition coefficient (Wildman–Crippen LogP) is 15.8. The highest BCUT2D eigenvalue weighted by molar-refractivity contribution is 7.94. The van der Waals surface area contributed by atoms with Gasteiger partial charge in [-0.1, -0.05) is 67.0 Å². The Hall–Kier alpha value is -10.2. The van der Waals surface area contributed by atoms with Gasteiger partial charge in [0.1, 0.15) is 69.3 Å². The number of carbonyl (C=O) groups is 4. The van der Waals surface area contributed by atoms with Crippen LogP contribution in [0.25, 0.3) is 0 Å². The molecule has 0 bridgehead atoms. The van der Waals surface area contributed by atoms with Crippen molar-refractivity contribution in [2.45, 2.75) is 100 Å². The fourth-order valence-corrected chi connectivity index (χ4v) is 19.0. The van der Waals surface area contributed by atoms with Crippen LogP contribution in [0.15, 0.2) is 132 Å². The Labute approximate surface area is 733 Å². The number of carbonyl (C=O) groups excluding carboxylic acids is 4. The average molecular weight is 1850 g/mol. The maximum Gasteiger partial charge on any atom is 0.265 e. The van der Waals surface area contributed by atoms with Crippen molar-refractivity contribution in [1.82, 2.24) is 20.6 Å². The zero-order valence-corrected chi connectivity index (χ0v) is 68.3. The van der Waals surface area contributed by atoms with E-state index >= 15 is 0 Å². The van der Waals surface area contributed by atoms with Crippen LogP contribution in [0, 0.1) is 55.3 Å². The van der Waals surface area contributed by atoms with E-state index in [0.717, 1.165) is 36.4 Å². The van der Waals surface area contributed by atoms with Crippen LogP contribution in [0.5, 0.6) is 46.0 Å². The van der Waals surface area contributed by atoms with Gasteiger partial charge in [0.15, 0.2) is 74.8 Å². The van der Waals surface area contributed by atoms with E-state index in [4.69, 9.17) is 138 Å². The van der Waals surface area contributed by atoms with E-state index in [1.165, 1.54) is 70.0 Å². The van der Waals surface area contributed by atoms with Crippen LogP contribution in [-0.4, -0.2) is 104 Å². The molecule has 44 heteroatoms. The number of Topliss-reactive ketones (excluding diaryl/α,β-unsaturated/α-hetero) is 4. The maximum absolute atomic E-state index is 13.4. The molecule has 4 N–H and O–H groups in total. The van der Waals surface area contributed by atoms with E-state index in [2.05, 4.69) is 20.6 Å². The van der Waals surface area contributed by atoms with Gasteiger partial charge in [0.05, 0.1) is 27.7 Å². The second kappa shape index (κ2) is 34.1. The van der Waals surface area contributed by atoms with E-state index in [1.807, 2.05) is 0 Å². The molecule has 4 aliphatic rings. The molecular formula is C72H60Cl4N8O24S8. The highest BCUT2D eigenvalue weighted by Gasteiger charge is 2.34. The van der Waals surface area contributed by atoms with Crippen molar-refractivity contribution in [1.29, 1.82) is 0 Å². The van der Waals surface area contributed by atoms with Crippen molar-refractivity contribution in [3.8, 4) is 46.0 Å². The van der Waals surface area contributed by atoms with Crippen molar-refractivity contribution in [2.75, 3.05) is 45.9 Å². The minimum Gasteiger partial charge on any atom is -0.454 e. The summed E-state index contributed by atoms with van der Waals surface area (Å²) < 4.78 is 375. The Morgan fingerprint density at radius 2 is 0.672 bits per heavy atom. The van der Waals surface area contributed by atoms with Crippen LogP contribution in [0.1, 0.15) is 136 Å². The first-order valence-corrected chi connectivity index (χ1v) is 42.2. The van der Waals surface area contributed by atoms with Crippen LogP contribution < -0.4 is 56.8 Å². The lowest BCUT2D eigenvalue weighted by Gasteiger charge is -2.09. The Kier molecular flexibility index (Phi) is 16.5. The van der Waals surface area contributed by atoms with Crippen LogP contribution in [-0.2, 0) is 65.6 Å². The molecule has 32 nitrogen and oxygen atoms in total. The summed E-state index contributed by atoms with van der Waals surface area (Å²) in [4.78, 5) is 48.5. The molecular weight excluding hydrogens is 1760 g/mol. The number of ether oxygens (including phenoxy) is 8. The van der Waals surface area contributed by atoms with Crippen LogP contribution in [0.2, 0.25) is 25.7 Å². The number of hydrogen-bond acceptors (Lipinski definition) is 32. The number of rotatable bonds is 24. The Morgan fingerprint density at radius 3 is 0.983 bits per heavy atom. The molecule has 0 aliphatic carbocycles. The lowest BCUT2D eigenvalue weighted by molar-refractivity contribution is 0.0985. The third-order valence-corrected chi connectivity index (χ3v) is 26.2. The molecule has 4 aromatic carbocycles. The number of fused-ring (bicyclic) bond motifs is 4. The topological polar surface area (TPSA) is 431 Å². The largest absolute Gasteiger partial charge is 0.454 e. The van der Waals surface area contributed by atoms with Crippen molar-refractivity contribution in [2.24, 2.45) is 0 Å². The summed E-state index contributed by atoms with van der Waals surface area (Å²) in [6.07, 6.45) is -12.1. The standard InChI is InChI=1S/4C18H15ClN2O6S2/c4*1-9-5-13-14(26-8-25-13)7-11(9)6-12(22)17-15(3-4-28-17)29(23,24)21-18-16(19)10(2)20-27-18/h4*3-5,7,21H,6,8H2,1-2H3/i5D,6D2,7D,8D2;5D,6D2,7D,8D;5D,6D2,7D;1D3,6D2,8D2/hD4. The zero-order valence-electron chi connectivity index (χ0n) is 84.7. The molecule has 8 aromatic heterocycles. The van der Waals surface area contributed by atoms with E-state index < -0.39 is 242 Å². The average Bonchev–Trinajstić information content (AvgIpc) is 1.66. The number of hydrogen-bond donors (Lipinski definition) is 4. The number of ketones is 4. The minimum absolute atomic E-state index is 0.0281. The fraction of sp³-hybridized carbons (Fsp3) is 0.222. The molecule has 12 heterocycles. The highest BCUT2D eigenvalue weighted by Crippen LogP contribution is 2.42. The van der Waals surface area contributed by atoms with Gasteiger partial charge >= 0.3 is 0 Å². The number of benzene rings is 4. The molecule has 1 unspecified atom stereocenters. The van der Waals surface area contributed by atoms with Gasteiger partial charge in [0, 0.05) is 40.6 Å². The normalized spacial score (nSPS) is 18.3. The number of thiophene rings is 4. The molecule has 0 amide bonds. The van der Waals surface area contributed by atoms with Gasteiger partial charge in [0.2, 0.25) is 27.1 Å².